The second kappa shape index (κ2) is 7.95. The van der Waals surface area contributed by atoms with Crippen molar-refractivity contribution in [2.24, 2.45) is 5.73 Å². The van der Waals surface area contributed by atoms with Crippen LogP contribution in [0, 0.1) is 0 Å². The number of aromatic nitrogens is 1. The highest BCUT2D eigenvalue weighted by Gasteiger charge is 2.09. The Morgan fingerprint density at radius 1 is 1.00 bits per heavy atom. The van der Waals surface area contributed by atoms with E-state index in [0.717, 1.165) is 16.7 Å². The molecule has 0 radical (unpaired) electrons. The SMILES string of the molecule is NC(=O)/C(=C/c1ccc(-c2ccc(Cl)cc2)cn1)c1ccc(CO)cc1. The second-order valence-corrected chi connectivity index (χ2v) is 6.19. The molecule has 0 fully saturated rings. The number of aliphatic hydroxyl groups is 1. The lowest BCUT2D eigenvalue weighted by Gasteiger charge is -2.06. The summed E-state index contributed by atoms with van der Waals surface area (Å²) in [6.07, 6.45) is 3.39. The van der Waals surface area contributed by atoms with Gasteiger partial charge in [-0.15, -0.1) is 0 Å². The number of hydrogen-bond donors (Lipinski definition) is 2. The number of nitrogens with two attached hydrogens (primary N) is 1. The number of pyridine rings is 1. The number of carbonyl (C=O) groups excluding carboxylic acids is 1. The predicted molar refractivity (Wildman–Crippen MR) is 104 cm³/mol. The van der Waals surface area contributed by atoms with Gasteiger partial charge in [0.05, 0.1) is 12.3 Å². The van der Waals surface area contributed by atoms with Crippen LogP contribution in [0.15, 0.2) is 66.9 Å². The molecule has 0 aliphatic carbocycles. The molecule has 26 heavy (non-hydrogen) atoms. The Morgan fingerprint density at radius 2 is 1.65 bits per heavy atom. The van der Waals surface area contributed by atoms with Crippen LogP contribution in [0.25, 0.3) is 22.8 Å². The van der Waals surface area contributed by atoms with Crippen LogP contribution >= 0.6 is 11.6 Å². The summed E-state index contributed by atoms with van der Waals surface area (Å²) in [7, 11) is 0. The maximum absolute atomic E-state index is 11.8. The molecule has 1 heterocycles. The van der Waals surface area contributed by atoms with Crippen molar-refractivity contribution >= 4 is 29.2 Å². The molecule has 3 aromatic rings. The monoisotopic (exact) mass is 364 g/mol. The van der Waals surface area contributed by atoms with Crippen LogP contribution in [0.1, 0.15) is 16.8 Å². The molecule has 0 unspecified atom stereocenters. The van der Waals surface area contributed by atoms with Crippen molar-refractivity contribution in [2.45, 2.75) is 6.61 Å². The van der Waals surface area contributed by atoms with Crippen LogP contribution in [0.2, 0.25) is 5.02 Å². The number of primary amides is 1. The van der Waals surface area contributed by atoms with Gasteiger partial charge in [0.2, 0.25) is 5.91 Å². The molecule has 0 aliphatic heterocycles. The van der Waals surface area contributed by atoms with Crippen LogP contribution in [0.3, 0.4) is 0 Å². The van der Waals surface area contributed by atoms with Gasteiger partial charge in [-0.25, -0.2) is 0 Å². The van der Waals surface area contributed by atoms with E-state index in [1.807, 2.05) is 36.4 Å². The summed E-state index contributed by atoms with van der Waals surface area (Å²) in [4.78, 5) is 16.2. The van der Waals surface area contributed by atoms with Crippen molar-refractivity contribution in [3.05, 3.63) is 88.7 Å². The fourth-order valence-electron chi connectivity index (χ4n) is 2.54. The molecule has 0 aliphatic rings. The zero-order valence-electron chi connectivity index (χ0n) is 13.9. The number of rotatable bonds is 5. The van der Waals surface area contributed by atoms with Gasteiger partial charge in [0.1, 0.15) is 0 Å². The lowest BCUT2D eigenvalue weighted by atomic mass is 10.0. The number of carbonyl (C=O) groups is 1. The van der Waals surface area contributed by atoms with E-state index in [1.165, 1.54) is 0 Å². The molecule has 0 saturated heterocycles. The summed E-state index contributed by atoms with van der Waals surface area (Å²) in [5.74, 6) is -0.537. The fourth-order valence-corrected chi connectivity index (χ4v) is 2.66. The third kappa shape index (κ3) is 4.17. The third-order valence-corrected chi connectivity index (χ3v) is 4.22. The van der Waals surface area contributed by atoms with Crippen LogP contribution in [0.5, 0.6) is 0 Å². The van der Waals surface area contributed by atoms with Gasteiger partial charge in [-0.05, 0) is 41.0 Å². The van der Waals surface area contributed by atoms with Crippen LogP contribution in [-0.2, 0) is 11.4 Å². The fraction of sp³-hybridized carbons (Fsp3) is 0.0476. The van der Waals surface area contributed by atoms with E-state index in [2.05, 4.69) is 4.98 Å². The second-order valence-electron chi connectivity index (χ2n) is 5.76. The summed E-state index contributed by atoms with van der Waals surface area (Å²) in [6.45, 7) is -0.0520. The van der Waals surface area contributed by atoms with Gasteiger partial charge in [0.15, 0.2) is 0 Å². The quantitative estimate of drug-likeness (QED) is 0.674. The van der Waals surface area contributed by atoms with Gasteiger partial charge in [-0.3, -0.25) is 9.78 Å². The van der Waals surface area contributed by atoms with Crippen molar-refractivity contribution in [3.8, 4) is 11.1 Å². The minimum atomic E-state index is -0.537. The molecular formula is C21H17ClN2O2. The van der Waals surface area contributed by atoms with Crippen molar-refractivity contribution < 1.29 is 9.90 Å². The van der Waals surface area contributed by atoms with Gasteiger partial charge < -0.3 is 10.8 Å². The van der Waals surface area contributed by atoms with Crippen molar-refractivity contribution in [1.82, 2.24) is 4.98 Å². The zero-order chi connectivity index (χ0) is 18.5. The minimum absolute atomic E-state index is 0.0520. The predicted octanol–water partition coefficient (Wildman–Crippen LogP) is 3.92. The highest BCUT2D eigenvalue weighted by Crippen LogP contribution is 2.23. The number of benzene rings is 2. The molecule has 4 nitrogen and oxygen atoms in total. The molecule has 3 N–H and O–H groups in total. The van der Waals surface area contributed by atoms with Crippen LogP contribution in [-0.4, -0.2) is 16.0 Å². The normalized spacial score (nSPS) is 11.4. The van der Waals surface area contributed by atoms with E-state index in [0.29, 0.717) is 21.9 Å². The highest BCUT2D eigenvalue weighted by molar-refractivity contribution is 6.30. The van der Waals surface area contributed by atoms with Gasteiger partial charge >= 0.3 is 0 Å². The molecular weight excluding hydrogens is 348 g/mol. The van der Waals surface area contributed by atoms with Gasteiger partial charge in [0, 0.05) is 22.4 Å². The van der Waals surface area contributed by atoms with Crippen LogP contribution in [0.4, 0.5) is 0 Å². The number of aliphatic hydroxyl groups excluding tert-OH is 1. The lowest BCUT2D eigenvalue weighted by Crippen LogP contribution is -2.13. The van der Waals surface area contributed by atoms with Crippen molar-refractivity contribution in [1.29, 1.82) is 0 Å². The third-order valence-electron chi connectivity index (χ3n) is 3.97. The molecule has 3 rings (SSSR count). The molecule has 1 amide bonds. The Morgan fingerprint density at radius 3 is 2.19 bits per heavy atom. The Kier molecular flexibility index (Phi) is 5.46. The first-order valence-electron chi connectivity index (χ1n) is 8.00. The zero-order valence-corrected chi connectivity index (χ0v) is 14.6. The van der Waals surface area contributed by atoms with E-state index in [4.69, 9.17) is 22.4 Å². The summed E-state index contributed by atoms with van der Waals surface area (Å²) in [6, 6.07) is 18.3. The standard InChI is InChI=1S/C21H17ClN2O2/c22-18-8-5-15(6-9-18)17-7-10-19(24-12-17)11-20(21(23)26)16-3-1-14(13-25)2-4-16/h1-12,25H,13H2,(H2,23,26)/b20-11+. The first-order valence-corrected chi connectivity index (χ1v) is 8.38. The van der Waals surface area contributed by atoms with Crippen LogP contribution < -0.4 is 5.73 Å². The summed E-state index contributed by atoms with van der Waals surface area (Å²) < 4.78 is 0. The molecule has 0 spiro atoms. The molecule has 5 heteroatoms. The average molecular weight is 365 g/mol. The minimum Gasteiger partial charge on any atom is -0.392 e. The number of amides is 1. The van der Waals surface area contributed by atoms with Gasteiger partial charge in [0.25, 0.3) is 0 Å². The Balaban J connectivity index is 1.90. The first-order chi connectivity index (χ1) is 12.6. The van der Waals surface area contributed by atoms with Gasteiger partial charge in [-0.2, -0.15) is 0 Å². The molecule has 0 saturated carbocycles. The first kappa shape index (κ1) is 17.9. The van der Waals surface area contributed by atoms with E-state index in [1.54, 1.807) is 36.5 Å². The molecule has 0 atom stereocenters. The number of hydrogen-bond acceptors (Lipinski definition) is 3. The number of nitrogens with zero attached hydrogens (tertiary/aromatic N) is 1. The van der Waals surface area contributed by atoms with Crippen molar-refractivity contribution in [3.63, 3.8) is 0 Å². The maximum Gasteiger partial charge on any atom is 0.249 e. The summed E-state index contributed by atoms with van der Waals surface area (Å²) in [5, 5.41) is 9.80. The Labute approximate surface area is 156 Å². The molecule has 130 valence electrons. The van der Waals surface area contributed by atoms with E-state index < -0.39 is 5.91 Å². The molecule has 2 aromatic carbocycles. The summed E-state index contributed by atoms with van der Waals surface area (Å²) >= 11 is 5.91. The lowest BCUT2D eigenvalue weighted by molar-refractivity contribution is -0.112. The number of halogens is 1. The smallest absolute Gasteiger partial charge is 0.249 e. The Hall–Kier alpha value is -2.95. The van der Waals surface area contributed by atoms with E-state index in [9.17, 15) is 4.79 Å². The molecule has 0 bridgehead atoms. The summed E-state index contributed by atoms with van der Waals surface area (Å²) in [5.41, 5.74) is 9.92. The topological polar surface area (TPSA) is 76.2 Å². The molecule has 1 aromatic heterocycles. The Bertz CT molecular complexity index is 931. The van der Waals surface area contributed by atoms with E-state index in [-0.39, 0.29) is 6.61 Å². The maximum atomic E-state index is 11.8. The largest absolute Gasteiger partial charge is 0.392 e. The van der Waals surface area contributed by atoms with Gasteiger partial charge in [-0.1, -0.05) is 54.1 Å². The average Bonchev–Trinajstić information content (AvgIpc) is 2.67. The van der Waals surface area contributed by atoms with Crippen molar-refractivity contribution in [2.75, 3.05) is 0 Å². The highest BCUT2D eigenvalue weighted by atomic mass is 35.5. The van der Waals surface area contributed by atoms with E-state index >= 15 is 0 Å².